The van der Waals surface area contributed by atoms with Crippen LogP contribution < -0.4 is 4.74 Å². The zero-order valence-corrected chi connectivity index (χ0v) is 12.5. The monoisotopic (exact) mass is 288 g/mol. The van der Waals surface area contributed by atoms with Gasteiger partial charge in [0.15, 0.2) is 0 Å². The lowest BCUT2D eigenvalue weighted by Crippen LogP contribution is -2.01. The minimum atomic E-state index is -0.756. The van der Waals surface area contributed by atoms with E-state index >= 15 is 0 Å². The fraction of sp³-hybridized carbons (Fsp3) is 0.333. The zero-order valence-electron chi connectivity index (χ0n) is 12.5. The molecule has 0 heterocycles. The van der Waals surface area contributed by atoms with Crippen molar-refractivity contribution in [3.8, 4) is 5.75 Å². The summed E-state index contributed by atoms with van der Waals surface area (Å²) < 4.78 is 18.9. The minimum Gasteiger partial charge on any atom is -0.494 e. The molecule has 3 heteroatoms. The summed E-state index contributed by atoms with van der Waals surface area (Å²) in [6, 6.07) is 12.0. The van der Waals surface area contributed by atoms with Gasteiger partial charge in [-0.2, -0.15) is 0 Å². The molecule has 2 rings (SSSR count). The van der Waals surface area contributed by atoms with Gasteiger partial charge in [-0.1, -0.05) is 37.6 Å². The van der Waals surface area contributed by atoms with Gasteiger partial charge in [0.25, 0.3) is 0 Å². The SMILES string of the molecule is CCCCOc1ccc(C(O)c2ccc(F)c(C)c2)cc1. The van der Waals surface area contributed by atoms with Crippen molar-refractivity contribution in [2.75, 3.05) is 6.61 Å². The van der Waals surface area contributed by atoms with Crippen LogP contribution in [0.1, 0.15) is 42.6 Å². The predicted octanol–water partition coefficient (Wildman–Crippen LogP) is 4.39. The lowest BCUT2D eigenvalue weighted by molar-refractivity contribution is 0.220. The minimum absolute atomic E-state index is 0.259. The van der Waals surface area contributed by atoms with Gasteiger partial charge >= 0.3 is 0 Å². The van der Waals surface area contributed by atoms with E-state index in [1.165, 1.54) is 6.07 Å². The maximum atomic E-state index is 13.3. The van der Waals surface area contributed by atoms with Crippen LogP contribution in [-0.4, -0.2) is 11.7 Å². The van der Waals surface area contributed by atoms with Crippen molar-refractivity contribution in [2.45, 2.75) is 32.8 Å². The van der Waals surface area contributed by atoms with Crippen LogP contribution in [0.2, 0.25) is 0 Å². The highest BCUT2D eigenvalue weighted by Crippen LogP contribution is 2.25. The van der Waals surface area contributed by atoms with Gasteiger partial charge < -0.3 is 9.84 Å². The molecule has 0 saturated heterocycles. The molecule has 112 valence electrons. The van der Waals surface area contributed by atoms with Crippen molar-refractivity contribution in [1.82, 2.24) is 0 Å². The number of halogens is 1. The second-order valence-corrected chi connectivity index (χ2v) is 5.18. The fourth-order valence-electron chi connectivity index (χ4n) is 2.11. The summed E-state index contributed by atoms with van der Waals surface area (Å²) in [5, 5.41) is 10.3. The van der Waals surface area contributed by atoms with E-state index in [0.717, 1.165) is 24.2 Å². The zero-order chi connectivity index (χ0) is 15.2. The van der Waals surface area contributed by atoms with Crippen LogP contribution in [0, 0.1) is 12.7 Å². The lowest BCUT2D eigenvalue weighted by atomic mass is 10.00. The van der Waals surface area contributed by atoms with Crippen LogP contribution in [0.3, 0.4) is 0 Å². The molecule has 1 N–H and O–H groups in total. The molecule has 0 bridgehead atoms. The Bertz CT molecular complexity index is 578. The number of ether oxygens (including phenoxy) is 1. The maximum absolute atomic E-state index is 13.3. The molecule has 0 aliphatic rings. The first-order valence-corrected chi connectivity index (χ1v) is 7.28. The van der Waals surface area contributed by atoms with Crippen molar-refractivity contribution >= 4 is 0 Å². The molecule has 2 aromatic rings. The third-order valence-electron chi connectivity index (χ3n) is 3.46. The Morgan fingerprint density at radius 3 is 2.38 bits per heavy atom. The van der Waals surface area contributed by atoms with Crippen molar-refractivity contribution in [2.24, 2.45) is 0 Å². The van der Waals surface area contributed by atoms with E-state index in [4.69, 9.17) is 4.74 Å². The largest absolute Gasteiger partial charge is 0.494 e. The summed E-state index contributed by atoms with van der Waals surface area (Å²) in [5.41, 5.74) is 1.99. The molecule has 1 unspecified atom stereocenters. The Balaban J connectivity index is 2.08. The summed E-state index contributed by atoms with van der Waals surface area (Å²) in [4.78, 5) is 0. The second kappa shape index (κ2) is 7.23. The third-order valence-corrected chi connectivity index (χ3v) is 3.46. The molecule has 0 saturated carbocycles. The van der Waals surface area contributed by atoms with Gasteiger partial charge in [0, 0.05) is 0 Å². The van der Waals surface area contributed by atoms with Gasteiger partial charge in [-0.3, -0.25) is 0 Å². The highest BCUT2D eigenvalue weighted by Gasteiger charge is 2.11. The van der Waals surface area contributed by atoms with E-state index in [9.17, 15) is 9.50 Å². The van der Waals surface area contributed by atoms with Crippen molar-refractivity contribution < 1.29 is 14.2 Å². The predicted molar refractivity (Wildman–Crippen MR) is 82.0 cm³/mol. The Morgan fingerprint density at radius 1 is 1.10 bits per heavy atom. The van der Waals surface area contributed by atoms with Crippen molar-refractivity contribution in [3.63, 3.8) is 0 Å². The molecule has 1 atom stereocenters. The molecule has 0 aliphatic heterocycles. The number of aryl methyl sites for hydroxylation is 1. The molecule has 2 nitrogen and oxygen atoms in total. The van der Waals surface area contributed by atoms with Gasteiger partial charge in [-0.05, 0) is 48.2 Å². The topological polar surface area (TPSA) is 29.5 Å². The van der Waals surface area contributed by atoms with E-state index in [-0.39, 0.29) is 5.82 Å². The van der Waals surface area contributed by atoms with Crippen LogP contribution in [0.15, 0.2) is 42.5 Å². The summed E-state index contributed by atoms with van der Waals surface area (Å²) in [7, 11) is 0. The van der Waals surface area contributed by atoms with E-state index in [0.29, 0.717) is 17.7 Å². The van der Waals surface area contributed by atoms with Crippen molar-refractivity contribution in [3.05, 3.63) is 65.0 Å². The molecule has 0 fully saturated rings. The maximum Gasteiger partial charge on any atom is 0.126 e. The van der Waals surface area contributed by atoms with Crippen LogP contribution in [0.5, 0.6) is 5.75 Å². The highest BCUT2D eigenvalue weighted by molar-refractivity contribution is 5.35. The Hall–Kier alpha value is -1.87. The van der Waals surface area contributed by atoms with Crippen molar-refractivity contribution in [1.29, 1.82) is 0 Å². The van der Waals surface area contributed by atoms with E-state index in [1.54, 1.807) is 19.1 Å². The lowest BCUT2D eigenvalue weighted by Gasteiger charge is -2.13. The van der Waals surface area contributed by atoms with Gasteiger partial charge in [0.05, 0.1) is 6.61 Å². The smallest absolute Gasteiger partial charge is 0.126 e. The molecule has 0 radical (unpaired) electrons. The number of aliphatic hydroxyl groups is 1. The standard InChI is InChI=1S/C18H21FO2/c1-3-4-11-21-16-8-5-14(6-9-16)18(20)15-7-10-17(19)13(2)12-15/h5-10,12,18,20H,3-4,11H2,1-2H3. The summed E-state index contributed by atoms with van der Waals surface area (Å²) >= 11 is 0. The van der Waals surface area contributed by atoms with Gasteiger partial charge in [0.1, 0.15) is 17.7 Å². The molecule has 0 spiro atoms. The highest BCUT2D eigenvalue weighted by atomic mass is 19.1. The number of rotatable bonds is 6. The first-order valence-electron chi connectivity index (χ1n) is 7.28. The Morgan fingerprint density at radius 2 is 1.76 bits per heavy atom. The average Bonchev–Trinajstić information content (AvgIpc) is 2.50. The normalized spacial score (nSPS) is 12.2. The van der Waals surface area contributed by atoms with Crippen LogP contribution >= 0.6 is 0 Å². The molecule has 0 amide bonds. The Kier molecular flexibility index (Phi) is 5.34. The van der Waals surface area contributed by atoms with E-state index in [2.05, 4.69) is 6.92 Å². The molecule has 0 aromatic heterocycles. The summed E-state index contributed by atoms with van der Waals surface area (Å²) in [6.45, 7) is 4.51. The first kappa shape index (κ1) is 15.5. The second-order valence-electron chi connectivity index (χ2n) is 5.18. The molecule has 2 aromatic carbocycles. The Labute approximate surface area is 125 Å². The third kappa shape index (κ3) is 4.05. The van der Waals surface area contributed by atoms with Gasteiger partial charge in [0.2, 0.25) is 0 Å². The number of benzene rings is 2. The summed E-state index contributed by atoms with van der Waals surface area (Å²) in [6.07, 6.45) is 1.37. The van der Waals surface area contributed by atoms with Gasteiger partial charge in [-0.15, -0.1) is 0 Å². The number of unbranched alkanes of at least 4 members (excludes halogenated alkanes) is 1. The van der Waals surface area contributed by atoms with Crippen LogP contribution in [-0.2, 0) is 0 Å². The fourth-order valence-corrected chi connectivity index (χ4v) is 2.11. The number of hydrogen-bond donors (Lipinski definition) is 1. The first-order chi connectivity index (χ1) is 10.1. The van der Waals surface area contributed by atoms with Crippen LogP contribution in [0.4, 0.5) is 4.39 Å². The van der Waals surface area contributed by atoms with E-state index < -0.39 is 6.10 Å². The number of aliphatic hydroxyl groups excluding tert-OH is 1. The molecular formula is C18H21FO2. The van der Waals surface area contributed by atoms with Gasteiger partial charge in [-0.25, -0.2) is 4.39 Å². The molecule has 21 heavy (non-hydrogen) atoms. The average molecular weight is 288 g/mol. The van der Waals surface area contributed by atoms with Crippen LogP contribution in [0.25, 0.3) is 0 Å². The summed E-state index contributed by atoms with van der Waals surface area (Å²) in [5.74, 6) is 0.542. The quantitative estimate of drug-likeness (QED) is 0.799. The molecular weight excluding hydrogens is 267 g/mol. The molecule has 0 aliphatic carbocycles. The number of hydrogen-bond acceptors (Lipinski definition) is 2. The van der Waals surface area contributed by atoms with E-state index in [1.807, 2.05) is 24.3 Å².